The van der Waals surface area contributed by atoms with Gasteiger partial charge in [0.2, 0.25) is 0 Å². The van der Waals surface area contributed by atoms with Crippen LogP contribution in [0.3, 0.4) is 0 Å². The number of carbonyl (C=O) groups is 1. The average molecular weight is 581 g/mol. The molecule has 13 heteroatoms. The first kappa shape index (κ1) is 27.6. The number of nitrogens with zero attached hydrogens (tertiary/aromatic N) is 7. The summed E-state index contributed by atoms with van der Waals surface area (Å²) in [7, 11) is -1.36. The highest BCUT2D eigenvalue weighted by molar-refractivity contribution is 7.87. The van der Waals surface area contributed by atoms with Crippen LogP contribution in [-0.4, -0.2) is 84.6 Å². The van der Waals surface area contributed by atoms with Crippen molar-refractivity contribution in [3.05, 3.63) is 47.5 Å². The highest BCUT2D eigenvalue weighted by atomic mass is 32.2. The summed E-state index contributed by atoms with van der Waals surface area (Å²) in [5, 5.41) is 15.0. The lowest BCUT2D eigenvalue weighted by atomic mass is 9.82. The smallest absolute Gasteiger partial charge is 0.303 e. The van der Waals surface area contributed by atoms with Crippen LogP contribution in [0.4, 0.5) is 10.1 Å². The van der Waals surface area contributed by atoms with Crippen LogP contribution in [-0.2, 0) is 10.2 Å². The average Bonchev–Trinajstić information content (AvgIpc) is 3.26. The second kappa shape index (κ2) is 10.7. The minimum atomic E-state index is -4.04. The van der Waals surface area contributed by atoms with E-state index in [9.17, 15) is 17.6 Å². The monoisotopic (exact) mass is 580 g/mol. The van der Waals surface area contributed by atoms with Crippen molar-refractivity contribution in [3.8, 4) is 11.8 Å². The summed E-state index contributed by atoms with van der Waals surface area (Å²) >= 11 is 0. The lowest BCUT2D eigenvalue weighted by Crippen LogP contribution is -2.54. The first-order valence-electron chi connectivity index (χ1n) is 14.0. The first-order valence-corrected chi connectivity index (χ1v) is 15.4. The molecule has 1 N–H and O–H groups in total. The molecule has 1 amide bonds. The van der Waals surface area contributed by atoms with Crippen molar-refractivity contribution < 1.29 is 17.6 Å². The molecule has 41 heavy (non-hydrogen) atoms. The van der Waals surface area contributed by atoms with Gasteiger partial charge in [-0.15, -0.1) is 0 Å². The molecule has 11 nitrogen and oxygen atoms in total. The summed E-state index contributed by atoms with van der Waals surface area (Å²) in [6, 6.07) is 10.3. The quantitative estimate of drug-likeness (QED) is 0.452. The van der Waals surface area contributed by atoms with Crippen LogP contribution in [0.2, 0.25) is 0 Å². The number of amides is 1. The predicted octanol–water partition coefficient (Wildman–Crippen LogP) is 2.79. The zero-order valence-electron chi connectivity index (χ0n) is 23.1. The maximum absolute atomic E-state index is 13.8. The Kier molecular flexibility index (Phi) is 7.17. The highest BCUT2D eigenvalue weighted by Crippen LogP contribution is 2.43. The van der Waals surface area contributed by atoms with Crippen LogP contribution in [0, 0.1) is 23.1 Å². The number of benzene rings is 1. The molecule has 1 aromatic carbocycles. The molecule has 1 aliphatic carbocycles. The molecule has 3 aliphatic rings. The maximum atomic E-state index is 13.8. The number of hydrogen-bond donors (Lipinski definition) is 1. The molecular formula is C28H33FN8O3S. The zero-order valence-corrected chi connectivity index (χ0v) is 23.9. The van der Waals surface area contributed by atoms with Crippen molar-refractivity contribution in [1.29, 1.82) is 5.26 Å². The molecule has 6 rings (SSSR count). The summed E-state index contributed by atoms with van der Waals surface area (Å²) in [6.45, 7) is 3.09. The lowest BCUT2D eigenvalue weighted by molar-refractivity contribution is 0.0666. The number of fused-ring (bicyclic) bond motifs is 1. The second-order valence-corrected chi connectivity index (χ2v) is 13.2. The number of anilines is 1. The van der Waals surface area contributed by atoms with E-state index in [-0.39, 0.29) is 23.3 Å². The number of halogens is 1. The van der Waals surface area contributed by atoms with Gasteiger partial charge in [0.25, 0.3) is 5.91 Å². The minimum absolute atomic E-state index is 0.0388. The van der Waals surface area contributed by atoms with Crippen LogP contribution in [0.15, 0.2) is 30.3 Å². The fraction of sp³-hybridized carbons (Fsp3) is 0.500. The van der Waals surface area contributed by atoms with E-state index in [0.717, 1.165) is 79.4 Å². The SMILES string of the molecule is CN(C)S(=O)(=O)NC(=O)c1cc(N2CCC(N3CC(C#N)C3)CC2)c2c(C3CCC3)nn(-c3ccc(F)cc3)c2n1. The minimum Gasteiger partial charge on any atom is -0.371 e. The Morgan fingerprint density at radius 1 is 1.12 bits per heavy atom. The van der Waals surface area contributed by atoms with E-state index in [4.69, 9.17) is 10.4 Å². The van der Waals surface area contributed by atoms with E-state index < -0.39 is 16.1 Å². The van der Waals surface area contributed by atoms with Crippen LogP contribution in [0.25, 0.3) is 16.7 Å². The number of nitrogens with one attached hydrogen (secondary N) is 1. The Balaban J connectivity index is 1.43. The Morgan fingerprint density at radius 2 is 1.80 bits per heavy atom. The van der Waals surface area contributed by atoms with E-state index in [1.807, 2.05) is 0 Å². The van der Waals surface area contributed by atoms with Crippen LogP contribution >= 0.6 is 0 Å². The molecule has 216 valence electrons. The van der Waals surface area contributed by atoms with E-state index in [2.05, 4.69) is 25.6 Å². The summed E-state index contributed by atoms with van der Waals surface area (Å²) in [6.07, 6.45) is 4.91. The molecule has 3 aromatic rings. The van der Waals surface area contributed by atoms with Gasteiger partial charge in [-0.1, -0.05) is 6.42 Å². The number of piperidine rings is 1. The van der Waals surface area contributed by atoms with Crippen molar-refractivity contribution in [3.63, 3.8) is 0 Å². The Morgan fingerprint density at radius 3 is 2.39 bits per heavy atom. The van der Waals surface area contributed by atoms with Gasteiger partial charge in [0.05, 0.1) is 34.4 Å². The molecule has 0 unspecified atom stereocenters. The topological polar surface area (TPSA) is 127 Å². The highest BCUT2D eigenvalue weighted by Gasteiger charge is 2.36. The van der Waals surface area contributed by atoms with Crippen molar-refractivity contribution in [2.24, 2.45) is 5.92 Å². The summed E-state index contributed by atoms with van der Waals surface area (Å²) in [4.78, 5) is 22.5. The van der Waals surface area contributed by atoms with Gasteiger partial charge in [0.1, 0.15) is 11.5 Å². The number of rotatable bonds is 7. The molecule has 0 bridgehead atoms. The van der Waals surface area contributed by atoms with Gasteiger partial charge in [0.15, 0.2) is 5.65 Å². The second-order valence-electron chi connectivity index (χ2n) is 11.3. The van der Waals surface area contributed by atoms with E-state index in [1.165, 1.54) is 26.2 Å². The number of nitriles is 1. The van der Waals surface area contributed by atoms with E-state index in [0.29, 0.717) is 17.4 Å². The third kappa shape index (κ3) is 5.16. The molecule has 1 saturated carbocycles. The van der Waals surface area contributed by atoms with Gasteiger partial charge in [-0.25, -0.2) is 18.8 Å². The van der Waals surface area contributed by atoms with Gasteiger partial charge < -0.3 is 4.90 Å². The maximum Gasteiger partial charge on any atom is 0.303 e. The molecule has 3 fully saturated rings. The van der Waals surface area contributed by atoms with Crippen molar-refractivity contribution in [2.45, 2.75) is 44.1 Å². The molecule has 4 heterocycles. The molecule has 0 radical (unpaired) electrons. The molecule has 2 aromatic heterocycles. The Bertz CT molecular complexity index is 1610. The Hall–Kier alpha value is -3.60. The van der Waals surface area contributed by atoms with Gasteiger partial charge in [-0.3, -0.25) is 9.69 Å². The fourth-order valence-corrected chi connectivity index (χ4v) is 6.36. The van der Waals surface area contributed by atoms with Gasteiger partial charge in [-0.2, -0.15) is 23.1 Å². The van der Waals surface area contributed by atoms with Crippen LogP contribution < -0.4 is 9.62 Å². The summed E-state index contributed by atoms with van der Waals surface area (Å²) in [5.74, 6) is -0.861. The molecule has 0 atom stereocenters. The van der Waals surface area contributed by atoms with Crippen molar-refractivity contribution in [1.82, 2.24) is 28.7 Å². The molecule has 2 saturated heterocycles. The van der Waals surface area contributed by atoms with Gasteiger partial charge in [-0.05, 0) is 56.0 Å². The van der Waals surface area contributed by atoms with Gasteiger partial charge >= 0.3 is 10.2 Å². The number of likely N-dealkylation sites (tertiary alicyclic amines) is 1. The lowest BCUT2D eigenvalue weighted by Gasteiger charge is -2.45. The normalized spacial score (nSPS) is 19.2. The van der Waals surface area contributed by atoms with Crippen LogP contribution in [0.5, 0.6) is 0 Å². The fourth-order valence-electron chi connectivity index (χ4n) is 5.84. The van der Waals surface area contributed by atoms with Gasteiger partial charge in [0, 0.05) is 52.2 Å². The number of carbonyl (C=O) groups excluding carboxylic acids is 1. The molecule has 0 spiro atoms. The van der Waals surface area contributed by atoms with Crippen molar-refractivity contribution >= 4 is 32.8 Å². The standard InChI is InChI=1S/C28H33FN8O3S/c1-34(2)41(39,40)33-28(38)23-14-24(35-12-10-21(11-13-35)36-16-18(15-30)17-36)25-26(19-4-3-5-19)32-37(27(25)31-23)22-8-6-20(29)7-9-22/h6-9,14,18-19,21H,3-5,10-13,16-17H2,1-2H3,(H,33,38). The summed E-state index contributed by atoms with van der Waals surface area (Å²) in [5.41, 5.74) is 2.69. The first-order chi connectivity index (χ1) is 19.6. The third-order valence-electron chi connectivity index (χ3n) is 8.56. The zero-order chi connectivity index (χ0) is 28.9. The molecular weight excluding hydrogens is 547 g/mol. The predicted molar refractivity (Wildman–Crippen MR) is 151 cm³/mol. The van der Waals surface area contributed by atoms with E-state index >= 15 is 0 Å². The van der Waals surface area contributed by atoms with Crippen LogP contribution in [0.1, 0.15) is 54.2 Å². The van der Waals surface area contributed by atoms with Crippen molar-refractivity contribution in [2.75, 3.05) is 45.2 Å². The number of pyridine rings is 1. The van der Waals surface area contributed by atoms with E-state index in [1.54, 1.807) is 22.9 Å². The third-order valence-corrected chi connectivity index (χ3v) is 9.96. The largest absolute Gasteiger partial charge is 0.371 e. The number of hydrogen-bond acceptors (Lipinski definition) is 8. The molecule has 2 aliphatic heterocycles. The number of aromatic nitrogens is 3. The Labute approximate surface area is 238 Å². The summed E-state index contributed by atoms with van der Waals surface area (Å²) < 4.78 is 43.4.